The molecule has 1 amide bonds. The zero-order valence-corrected chi connectivity index (χ0v) is 11.7. The number of rotatable bonds is 2. The molecule has 0 atom stereocenters. The quantitative estimate of drug-likeness (QED) is 0.881. The Morgan fingerprint density at radius 3 is 2.35 bits per heavy atom. The van der Waals surface area contributed by atoms with Crippen molar-refractivity contribution in [3.05, 3.63) is 28.2 Å². The van der Waals surface area contributed by atoms with Gasteiger partial charge in [0.05, 0.1) is 6.61 Å². The standard InChI is InChI=1S/C12H16BrNO3/c1-12(2,3)14(11(16)17)10-5-8(7-15)4-9(13)6-10/h4-6,15H,7H2,1-3H3,(H,16,17). The van der Waals surface area contributed by atoms with Crippen molar-refractivity contribution in [2.24, 2.45) is 0 Å². The van der Waals surface area contributed by atoms with Gasteiger partial charge in [-0.3, -0.25) is 4.90 Å². The molecule has 0 fully saturated rings. The number of nitrogens with zero attached hydrogens (tertiary/aromatic N) is 1. The summed E-state index contributed by atoms with van der Waals surface area (Å²) in [6.45, 7) is 5.34. The average Bonchev–Trinajstić information content (AvgIpc) is 2.13. The van der Waals surface area contributed by atoms with Crippen molar-refractivity contribution in [2.45, 2.75) is 32.9 Å². The minimum atomic E-state index is -1.01. The molecule has 0 saturated carbocycles. The van der Waals surface area contributed by atoms with Crippen molar-refractivity contribution >= 4 is 27.7 Å². The van der Waals surface area contributed by atoms with Gasteiger partial charge in [0.25, 0.3) is 0 Å². The van der Waals surface area contributed by atoms with Gasteiger partial charge in [0.1, 0.15) is 0 Å². The van der Waals surface area contributed by atoms with Crippen molar-refractivity contribution in [1.82, 2.24) is 0 Å². The van der Waals surface area contributed by atoms with Crippen LogP contribution in [0.25, 0.3) is 0 Å². The summed E-state index contributed by atoms with van der Waals surface area (Å²) in [5, 5.41) is 18.4. The number of hydrogen-bond donors (Lipinski definition) is 2. The maximum Gasteiger partial charge on any atom is 0.412 e. The zero-order valence-electron chi connectivity index (χ0n) is 10.1. The molecule has 0 aliphatic carbocycles. The molecule has 17 heavy (non-hydrogen) atoms. The Labute approximate surface area is 109 Å². The van der Waals surface area contributed by atoms with Crippen LogP contribution in [-0.4, -0.2) is 21.8 Å². The third-order valence-electron chi connectivity index (χ3n) is 2.25. The molecule has 4 nitrogen and oxygen atoms in total. The van der Waals surface area contributed by atoms with Gasteiger partial charge in [-0.25, -0.2) is 4.79 Å². The second kappa shape index (κ2) is 5.06. The molecule has 0 aromatic heterocycles. The number of aliphatic hydroxyl groups excluding tert-OH is 1. The highest BCUT2D eigenvalue weighted by atomic mass is 79.9. The molecular formula is C12H16BrNO3. The SMILES string of the molecule is CC(C)(C)N(C(=O)O)c1cc(Br)cc(CO)c1. The van der Waals surface area contributed by atoms with Crippen molar-refractivity contribution in [3.8, 4) is 0 Å². The molecule has 94 valence electrons. The topological polar surface area (TPSA) is 60.8 Å². The lowest BCUT2D eigenvalue weighted by molar-refractivity contribution is 0.195. The summed E-state index contributed by atoms with van der Waals surface area (Å²) >= 11 is 3.31. The Hall–Kier alpha value is -1.07. The fourth-order valence-electron chi connectivity index (χ4n) is 1.64. The lowest BCUT2D eigenvalue weighted by atomic mass is 10.0. The number of benzene rings is 1. The van der Waals surface area contributed by atoms with Crippen LogP contribution >= 0.6 is 15.9 Å². The van der Waals surface area contributed by atoms with E-state index in [1.54, 1.807) is 18.2 Å². The summed E-state index contributed by atoms with van der Waals surface area (Å²) in [6, 6.07) is 5.15. The number of amides is 1. The third kappa shape index (κ3) is 3.44. The lowest BCUT2D eigenvalue weighted by Crippen LogP contribution is -2.45. The van der Waals surface area contributed by atoms with Crippen LogP contribution in [0.3, 0.4) is 0 Å². The van der Waals surface area contributed by atoms with Gasteiger partial charge < -0.3 is 10.2 Å². The van der Waals surface area contributed by atoms with Crippen LogP contribution in [0, 0.1) is 0 Å². The van der Waals surface area contributed by atoms with E-state index in [1.165, 1.54) is 4.90 Å². The largest absolute Gasteiger partial charge is 0.465 e. The Morgan fingerprint density at radius 2 is 1.94 bits per heavy atom. The monoisotopic (exact) mass is 301 g/mol. The maximum atomic E-state index is 11.3. The second-order valence-corrected chi connectivity index (χ2v) is 5.68. The van der Waals surface area contributed by atoms with E-state index in [0.717, 1.165) is 4.47 Å². The summed E-state index contributed by atoms with van der Waals surface area (Å²) in [5.74, 6) is 0. The predicted octanol–water partition coefficient (Wildman–Crippen LogP) is 3.22. The summed E-state index contributed by atoms with van der Waals surface area (Å²) in [6.07, 6.45) is -1.01. The maximum absolute atomic E-state index is 11.3. The third-order valence-corrected chi connectivity index (χ3v) is 2.70. The van der Waals surface area contributed by atoms with Crippen LogP contribution in [0.15, 0.2) is 22.7 Å². The average molecular weight is 302 g/mol. The highest BCUT2D eigenvalue weighted by molar-refractivity contribution is 9.10. The van der Waals surface area contributed by atoms with Crippen LogP contribution in [-0.2, 0) is 6.61 Å². The van der Waals surface area contributed by atoms with Crippen molar-refractivity contribution in [1.29, 1.82) is 0 Å². The molecule has 0 bridgehead atoms. The van der Waals surface area contributed by atoms with E-state index in [9.17, 15) is 9.90 Å². The van der Waals surface area contributed by atoms with Gasteiger partial charge in [0.2, 0.25) is 0 Å². The second-order valence-electron chi connectivity index (χ2n) is 4.76. The van der Waals surface area contributed by atoms with Crippen LogP contribution < -0.4 is 4.90 Å². The summed E-state index contributed by atoms with van der Waals surface area (Å²) in [5.41, 5.74) is 0.674. The molecule has 0 unspecified atom stereocenters. The summed E-state index contributed by atoms with van der Waals surface area (Å²) in [7, 11) is 0. The molecular weight excluding hydrogens is 286 g/mol. The van der Waals surface area contributed by atoms with Gasteiger partial charge in [-0.1, -0.05) is 15.9 Å². The molecule has 0 radical (unpaired) electrons. The Morgan fingerprint density at radius 1 is 1.35 bits per heavy atom. The van der Waals surface area contributed by atoms with E-state index < -0.39 is 11.6 Å². The lowest BCUT2D eigenvalue weighted by Gasteiger charge is -2.33. The molecule has 5 heteroatoms. The van der Waals surface area contributed by atoms with Crippen LogP contribution in [0.4, 0.5) is 10.5 Å². The Bertz CT molecular complexity index is 426. The molecule has 2 N–H and O–H groups in total. The first-order valence-electron chi connectivity index (χ1n) is 5.19. The fraction of sp³-hybridized carbons (Fsp3) is 0.417. The zero-order chi connectivity index (χ0) is 13.2. The van der Waals surface area contributed by atoms with Crippen LogP contribution in [0.5, 0.6) is 0 Å². The van der Waals surface area contributed by atoms with E-state index in [2.05, 4.69) is 15.9 Å². The summed E-state index contributed by atoms with van der Waals surface area (Å²) in [4.78, 5) is 12.6. The van der Waals surface area contributed by atoms with Crippen molar-refractivity contribution < 1.29 is 15.0 Å². The molecule has 1 aromatic carbocycles. The van der Waals surface area contributed by atoms with Gasteiger partial charge in [-0.15, -0.1) is 0 Å². The molecule has 1 aromatic rings. The normalized spacial score (nSPS) is 11.4. The van der Waals surface area contributed by atoms with Gasteiger partial charge in [0, 0.05) is 15.7 Å². The predicted molar refractivity (Wildman–Crippen MR) is 70.3 cm³/mol. The first-order valence-corrected chi connectivity index (χ1v) is 5.98. The highest BCUT2D eigenvalue weighted by Crippen LogP contribution is 2.28. The molecule has 0 aliphatic rings. The van der Waals surface area contributed by atoms with E-state index in [0.29, 0.717) is 11.3 Å². The molecule has 1 rings (SSSR count). The van der Waals surface area contributed by atoms with Crippen molar-refractivity contribution in [2.75, 3.05) is 4.90 Å². The number of halogens is 1. The van der Waals surface area contributed by atoms with Gasteiger partial charge in [-0.2, -0.15) is 0 Å². The molecule has 0 saturated heterocycles. The first-order chi connectivity index (χ1) is 7.75. The highest BCUT2D eigenvalue weighted by Gasteiger charge is 2.28. The van der Waals surface area contributed by atoms with E-state index in [4.69, 9.17) is 5.11 Å². The van der Waals surface area contributed by atoms with E-state index in [-0.39, 0.29) is 6.61 Å². The van der Waals surface area contributed by atoms with E-state index >= 15 is 0 Å². The smallest absolute Gasteiger partial charge is 0.412 e. The Balaban J connectivity index is 3.28. The summed E-state index contributed by atoms with van der Waals surface area (Å²) < 4.78 is 0.745. The number of carbonyl (C=O) groups is 1. The van der Waals surface area contributed by atoms with Gasteiger partial charge in [-0.05, 0) is 44.5 Å². The number of carboxylic acid groups (broad SMARTS) is 1. The first kappa shape index (κ1) is 14.0. The van der Waals surface area contributed by atoms with Crippen molar-refractivity contribution in [3.63, 3.8) is 0 Å². The van der Waals surface area contributed by atoms with Gasteiger partial charge in [0.15, 0.2) is 0 Å². The number of anilines is 1. The molecule has 0 aliphatic heterocycles. The molecule has 0 heterocycles. The molecule has 0 spiro atoms. The Kier molecular flexibility index (Phi) is 4.16. The number of aliphatic hydroxyl groups is 1. The minimum Gasteiger partial charge on any atom is -0.465 e. The van der Waals surface area contributed by atoms with Crippen LogP contribution in [0.1, 0.15) is 26.3 Å². The fourth-order valence-corrected chi connectivity index (χ4v) is 2.17. The van der Waals surface area contributed by atoms with Gasteiger partial charge >= 0.3 is 6.09 Å². The van der Waals surface area contributed by atoms with Crippen LogP contribution in [0.2, 0.25) is 0 Å². The number of hydrogen-bond acceptors (Lipinski definition) is 2. The van der Waals surface area contributed by atoms with E-state index in [1.807, 2.05) is 20.8 Å². The minimum absolute atomic E-state index is 0.121.